The smallest absolute Gasteiger partial charge is 0.341 e. The highest BCUT2D eigenvalue weighted by atomic mass is 35.5. The van der Waals surface area contributed by atoms with Gasteiger partial charge in [0, 0.05) is 26.6 Å². The molecule has 30 heavy (non-hydrogen) atoms. The second-order valence-corrected chi connectivity index (χ2v) is 8.44. The van der Waals surface area contributed by atoms with Gasteiger partial charge in [0.25, 0.3) is 0 Å². The predicted octanol–water partition coefficient (Wildman–Crippen LogP) is 6.86. The summed E-state index contributed by atoms with van der Waals surface area (Å²) in [6.07, 6.45) is 3.06. The largest absolute Gasteiger partial charge is 0.462 e. The van der Waals surface area contributed by atoms with Gasteiger partial charge in [-0.05, 0) is 55.3 Å². The Hall–Kier alpha value is -2.60. The molecular formula is C23H19Cl2NO3S. The van der Waals surface area contributed by atoms with Crippen LogP contribution in [-0.2, 0) is 9.53 Å². The molecule has 4 nitrogen and oxygen atoms in total. The number of amides is 1. The molecule has 0 bridgehead atoms. The van der Waals surface area contributed by atoms with Crippen LogP contribution in [0.25, 0.3) is 17.2 Å². The van der Waals surface area contributed by atoms with Crippen molar-refractivity contribution in [2.75, 3.05) is 11.9 Å². The van der Waals surface area contributed by atoms with Crippen molar-refractivity contribution in [3.8, 4) is 11.1 Å². The van der Waals surface area contributed by atoms with Crippen LogP contribution >= 0.6 is 34.5 Å². The third-order valence-corrected chi connectivity index (χ3v) is 5.72. The third-order valence-electron chi connectivity index (χ3n) is 4.21. The van der Waals surface area contributed by atoms with E-state index in [0.717, 1.165) is 21.6 Å². The van der Waals surface area contributed by atoms with E-state index in [1.807, 2.05) is 25.1 Å². The zero-order valence-electron chi connectivity index (χ0n) is 16.4. The number of carbonyl (C=O) groups is 2. The summed E-state index contributed by atoms with van der Waals surface area (Å²) in [6, 6.07) is 14.4. The number of carbonyl (C=O) groups excluding carboxylic acids is 2. The first-order valence-corrected chi connectivity index (χ1v) is 10.8. The van der Waals surface area contributed by atoms with E-state index in [1.165, 1.54) is 17.4 Å². The minimum atomic E-state index is -0.485. The summed E-state index contributed by atoms with van der Waals surface area (Å²) in [4.78, 5) is 26.1. The van der Waals surface area contributed by atoms with Crippen molar-refractivity contribution < 1.29 is 14.3 Å². The molecule has 1 heterocycles. The summed E-state index contributed by atoms with van der Waals surface area (Å²) in [6.45, 7) is 3.87. The number of thiophene rings is 1. The molecule has 0 fully saturated rings. The number of anilines is 1. The van der Waals surface area contributed by atoms with Gasteiger partial charge >= 0.3 is 5.97 Å². The van der Waals surface area contributed by atoms with Crippen LogP contribution in [0.1, 0.15) is 27.7 Å². The van der Waals surface area contributed by atoms with Crippen molar-refractivity contribution in [1.29, 1.82) is 0 Å². The van der Waals surface area contributed by atoms with E-state index in [1.54, 1.807) is 43.3 Å². The molecule has 0 spiro atoms. The van der Waals surface area contributed by atoms with Crippen LogP contribution in [0.15, 0.2) is 54.6 Å². The second kappa shape index (κ2) is 9.94. The Bertz CT molecular complexity index is 1100. The fourth-order valence-electron chi connectivity index (χ4n) is 2.93. The summed E-state index contributed by atoms with van der Waals surface area (Å²) in [7, 11) is 0. The van der Waals surface area contributed by atoms with Crippen LogP contribution in [0, 0.1) is 6.92 Å². The molecule has 0 radical (unpaired) electrons. The third kappa shape index (κ3) is 5.30. The second-order valence-electron chi connectivity index (χ2n) is 6.34. The molecule has 1 amide bonds. The summed E-state index contributed by atoms with van der Waals surface area (Å²) >= 11 is 13.3. The van der Waals surface area contributed by atoms with Crippen molar-refractivity contribution >= 4 is 57.5 Å². The van der Waals surface area contributed by atoms with Crippen molar-refractivity contribution in [1.82, 2.24) is 0 Å². The SMILES string of the molecule is CCOC(=O)c1c(NC(=O)/C=C/c2cccc(Cl)c2)sc(C)c1-c1ccc(Cl)cc1. The highest BCUT2D eigenvalue weighted by Crippen LogP contribution is 2.40. The maximum Gasteiger partial charge on any atom is 0.341 e. The van der Waals surface area contributed by atoms with Gasteiger partial charge in [-0.2, -0.15) is 0 Å². The highest BCUT2D eigenvalue weighted by Gasteiger charge is 2.25. The standard InChI is InChI=1S/C23H19Cl2NO3S/c1-3-29-23(28)21-20(16-8-10-17(24)11-9-16)14(2)30-22(21)26-19(27)12-7-15-5-4-6-18(25)13-15/h4-13H,3H2,1-2H3,(H,26,27)/b12-7+. The number of rotatable bonds is 6. The Labute approximate surface area is 189 Å². The Balaban J connectivity index is 1.93. The van der Waals surface area contributed by atoms with Crippen LogP contribution in [0.4, 0.5) is 5.00 Å². The monoisotopic (exact) mass is 459 g/mol. The molecule has 154 valence electrons. The number of esters is 1. The van der Waals surface area contributed by atoms with Gasteiger partial charge in [0.2, 0.25) is 5.91 Å². The average molecular weight is 460 g/mol. The topological polar surface area (TPSA) is 55.4 Å². The lowest BCUT2D eigenvalue weighted by Crippen LogP contribution is -2.12. The van der Waals surface area contributed by atoms with Crippen molar-refractivity contribution in [2.45, 2.75) is 13.8 Å². The molecule has 0 saturated carbocycles. The first kappa shape index (κ1) is 22.1. The van der Waals surface area contributed by atoms with Gasteiger partial charge in [-0.3, -0.25) is 4.79 Å². The quantitative estimate of drug-likeness (QED) is 0.323. The van der Waals surface area contributed by atoms with Crippen molar-refractivity contribution in [2.24, 2.45) is 0 Å². The van der Waals surface area contributed by atoms with Gasteiger partial charge in [-0.1, -0.05) is 47.5 Å². The molecule has 0 aliphatic rings. The molecule has 0 atom stereocenters. The van der Waals surface area contributed by atoms with E-state index in [-0.39, 0.29) is 12.5 Å². The van der Waals surface area contributed by atoms with E-state index in [4.69, 9.17) is 27.9 Å². The maximum absolute atomic E-state index is 12.7. The molecule has 0 aliphatic carbocycles. The van der Waals surface area contributed by atoms with Crippen LogP contribution < -0.4 is 5.32 Å². The Morgan fingerprint density at radius 1 is 1.10 bits per heavy atom. The highest BCUT2D eigenvalue weighted by molar-refractivity contribution is 7.17. The van der Waals surface area contributed by atoms with Gasteiger partial charge in [0.15, 0.2) is 0 Å². The van der Waals surface area contributed by atoms with Crippen LogP contribution in [-0.4, -0.2) is 18.5 Å². The van der Waals surface area contributed by atoms with E-state index >= 15 is 0 Å². The lowest BCUT2D eigenvalue weighted by molar-refractivity contribution is -0.111. The maximum atomic E-state index is 12.7. The molecule has 7 heteroatoms. The van der Waals surface area contributed by atoms with Gasteiger partial charge in [-0.15, -0.1) is 11.3 Å². The van der Waals surface area contributed by atoms with Crippen LogP contribution in [0.5, 0.6) is 0 Å². The molecule has 0 aliphatic heterocycles. The molecule has 3 rings (SSSR count). The van der Waals surface area contributed by atoms with E-state index in [9.17, 15) is 9.59 Å². The molecular weight excluding hydrogens is 441 g/mol. The van der Waals surface area contributed by atoms with Crippen molar-refractivity contribution in [3.05, 3.63) is 80.7 Å². The summed E-state index contributed by atoms with van der Waals surface area (Å²) < 4.78 is 5.25. The van der Waals surface area contributed by atoms with E-state index in [0.29, 0.717) is 20.6 Å². The summed E-state index contributed by atoms with van der Waals surface area (Å²) in [5, 5.41) is 4.44. The Kier molecular flexibility index (Phi) is 7.32. The number of hydrogen-bond acceptors (Lipinski definition) is 4. The fraction of sp³-hybridized carbons (Fsp3) is 0.130. The molecule has 2 aromatic carbocycles. The average Bonchev–Trinajstić information content (AvgIpc) is 3.03. The number of nitrogens with one attached hydrogen (secondary N) is 1. The minimum Gasteiger partial charge on any atom is -0.462 e. The van der Waals surface area contributed by atoms with E-state index < -0.39 is 5.97 Å². The van der Waals surface area contributed by atoms with Gasteiger partial charge in [0.1, 0.15) is 10.6 Å². The van der Waals surface area contributed by atoms with Gasteiger partial charge in [0.05, 0.1) is 6.61 Å². The number of benzene rings is 2. The molecule has 1 N–H and O–H groups in total. The fourth-order valence-corrected chi connectivity index (χ4v) is 4.32. The van der Waals surface area contributed by atoms with E-state index in [2.05, 4.69) is 5.32 Å². The van der Waals surface area contributed by atoms with Crippen molar-refractivity contribution in [3.63, 3.8) is 0 Å². The minimum absolute atomic E-state index is 0.232. The number of ether oxygens (including phenoxy) is 1. The summed E-state index contributed by atoms with van der Waals surface area (Å²) in [5.41, 5.74) is 2.69. The van der Waals surface area contributed by atoms with Crippen LogP contribution in [0.2, 0.25) is 10.0 Å². The number of hydrogen-bond donors (Lipinski definition) is 1. The first-order valence-electron chi connectivity index (χ1n) is 9.20. The zero-order valence-corrected chi connectivity index (χ0v) is 18.7. The lowest BCUT2D eigenvalue weighted by atomic mass is 10.0. The first-order chi connectivity index (χ1) is 14.4. The molecule has 0 unspecified atom stereocenters. The number of aryl methyl sites for hydroxylation is 1. The lowest BCUT2D eigenvalue weighted by Gasteiger charge is -2.08. The molecule has 3 aromatic rings. The zero-order chi connectivity index (χ0) is 21.7. The van der Waals surface area contributed by atoms with Gasteiger partial charge in [-0.25, -0.2) is 4.79 Å². The molecule has 0 saturated heterocycles. The molecule has 1 aromatic heterocycles. The Morgan fingerprint density at radius 3 is 2.50 bits per heavy atom. The number of halogens is 2. The van der Waals surface area contributed by atoms with Gasteiger partial charge < -0.3 is 10.1 Å². The normalized spacial score (nSPS) is 10.9. The van der Waals surface area contributed by atoms with Crippen LogP contribution in [0.3, 0.4) is 0 Å². The Morgan fingerprint density at radius 2 is 1.83 bits per heavy atom. The summed E-state index contributed by atoms with van der Waals surface area (Å²) in [5.74, 6) is -0.842. The predicted molar refractivity (Wildman–Crippen MR) is 125 cm³/mol.